The molecule has 3 rings (SSSR count). The zero-order valence-electron chi connectivity index (χ0n) is 18.0. The number of anilines is 4. The lowest BCUT2D eigenvalue weighted by atomic mass is 10.3. The van der Waals surface area contributed by atoms with Gasteiger partial charge in [-0.3, -0.25) is 0 Å². The van der Waals surface area contributed by atoms with E-state index in [0.717, 1.165) is 4.90 Å². The summed E-state index contributed by atoms with van der Waals surface area (Å²) in [4.78, 5) is 22.5. The third-order valence-corrected chi connectivity index (χ3v) is 6.34. The van der Waals surface area contributed by atoms with Crippen LogP contribution in [0.5, 0.6) is 0 Å². The number of carboxylic acids is 1. The van der Waals surface area contributed by atoms with Crippen molar-refractivity contribution in [1.29, 1.82) is 0 Å². The Labute approximate surface area is 207 Å². The molecule has 0 aliphatic rings. The van der Waals surface area contributed by atoms with Crippen LogP contribution in [0.4, 0.5) is 36.3 Å². The van der Waals surface area contributed by atoms with Gasteiger partial charge < -0.3 is 15.7 Å². The topological polar surface area (TPSA) is 146 Å². The number of halogens is 4. The fourth-order valence-corrected chi connectivity index (χ4v) is 3.68. The molecule has 0 bridgehead atoms. The monoisotopic (exact) mass is 550 g/mol. The van der Waals surface area contributed by atoms with Gasteiger partial charge in [0.25, 0.3) is 0 Å². The number of carbonyl (C=O) groups is 1. The normalized spacial score (nSPS) is 11.3. The first kappa shape index (κ1) is 28.1. The molecule has 0 saturated heterocycles. The highest BCUT2D eigenvalue weighted by Crippen LogP contribution is 2.30. The molecule has 2 aromatic heterocycles. The molecular weight excluding hydrogens is 533 g/mol. The van der Waals surface area contributed by atoms with Crippen molar-refractivity contribution >= 4 is 62.5 Å². The van der Waals surface area contributed by atoms with Gasteiger partial charge in [-0.2, -0.15) is 13.2 Å². The summed E-state index contributed by atoms with van der Waals surface area (Å²) >= 11 is 7.33. The molecular formula is C19H18ClF3N6O4S2. The van der Waals surface area contributed by atoms with E-state index in [4.69, 9.17) is 21.5 Å². The van der Waals surface area contributed by atoms with E-state index in [1.807, 2.05) is 6.26 Å². The Morgan fingerprint density at radius 3 is 2.17 bits per heavy atom. The van der Waals surface area contributed by atoms with Crippen molar-refractivity contribution in [3.63, 3.8) is 0 Å². The molecule has 0 fully saturated rings. The quantitative estimate of drug-likeness (QED) is 0.314. The Bertz CT molecular complexity index is 1280. The molecule has 0 amide bonds. The molecule has 16 heteroatoms. The fraction of sp³-hybridized carbons (Fsp3) is 0.158. The Hall–Kier alpha value is -3.14. The minimum atomic E-state index is -5.08. The fourth-order valence-electron chi connectivity index (χ4n) is 2.28. The SMILES string of the molecule is CNS(=O)(=O)c1ccc(SC)c(Nc2cc(Nc3ccc(Cl)cn3)ncn2)c1.O=C(O)C(F)(F)F. The number of thioether (sulfide) groups is 1. The third kappa shape index (κ3) is 8.54. The summed E-state index contributed by atoms with van der Waals surface area (Å²) in [6.07, 6.45) is -0.248. The summed E-state index contributed by atoms with van der Waals surface area (Å²) in [5, 5.41) is 13.9. The minimum Gasteiger partial charge on any atom is -0.475 e. The number of pyridine rings is 1. The average molecular weight is 551 g/mol. The highest BCUT2D eigenvalue weighted by atomic mass is 35.5. The molecule has 0 radical (unpaired) electrons. The van der Waals surface area contributed by atoms with E-state index in [1.54, 1.807) is 36.4 Å². The molecule has 0 atom stereocenters. The Balaban J connectivity index is 0.000000540. The van der Waals surface area contributed by atoms with Crippen LogP contribution in [0.1, 0.15) is 0 Å². The molecule has 0 saturated carbocycles. The second-order valence-corrected chi connectivity index (χ2v) is 9.44. The number of nitrogens with one attached hydrogen (secondary N) is 3. The first-order chi connectivity index (χ1) is 16.4. The maximum absolute atomic E-state index is 12.1. The standard InChI is InChI=1S/C17H17ClN6O2S2.C2HF3O2/c1-19-28(25,26)12-4-5-14(27-2)13(7-12)23-16-8-17(22-10-21-16)24-15-6-3-11(18)9-20-15;3-2(4,5)1(6)7/h3-10,19H,1-2H3,(H2,20,21,22,23,24);(H,6,7). The predicted octanol–water partition coefficient (Wildman–Crippen LogP) is 4.28. The lowest BCUT2D eigenvalue weighted by molar-refractivity contribution is -0.192. The highest BCUT2D eigenvalue weighted by molar-refractivity contribution is 7.98. The molecule has 0 aliphatic heterocycles. The van der Waals surface area contributed by atoms with Crippen LogP contribution in [0.25, 0.3) is 0 Å². The van der Waals surface area contributed by atoms with E-state index in [2.05, 4.69) is 30.3 Å². The van der Waals surface area contributed by atoms with E-state index >= 15 is 0 Å². The second kappa shape index (κ2) is 12.0. The summed E-state index contributed by atoms with van der Waals surface area (Å²) in [6, 6.07) is 10.0. The van der Waals surface area contributed by atoms with Crippen LogP contribution in [0.3, 0.4) is 0 Å². The number of rotatable bonds is 7. The van der Waals surface area contributed by atoms with Gasteiger partial charge in [0.05, 0.1) is 15.6 Å². The Morgan fingerprint density at radius 2 is 1.66 bits per heavy atom. The summed E-state index contributed by atoms with van der Waals surface area (Å²) in [5.74, 6) is -1.15. The van der Waals surface area contributed by atoms with Crippen LogP contribution in [0, 0.1) is 0 Å². The molecule has 188 valence electrons. The number of aliphatic carboxylic acids is 1. The molecule has 10 nitrogen and oxygen atoms in total. The van der Waals surface area contributed by atoms with Crippen molar-refractivity contribution in [3.8, 4) is 0 Å². The van der Waals surface area contributed by atoms with Gasteiger partial charge in [-0.1, -0.05) is 11.6 Å². The van der Waals surface area contributed by atoms with Gasteiger partial charge in [0.2, 0.25) is 10.0 Å². The van der Waals surface area contributed by atoms with Crippen molar-refractivity contribution in [2.75, 3.05) is 23.9 Å². The van der Waals surface area contributed by atoms with Crippen molar-refractivity contribution in [2.24, 2.45) is 0 Å². The lowest BCUT2D eigenvalue weighted by Crippen LogP contribution is -2.21. The largest absolute Gasteiger partial charge is 0.490 e. The third-order valence-electron chi connectivity index (χ3n) is 3.91. The number of nitrogens with zero attached hydrogens (tertiary/aromatic N) is 3. The van der Waals surface area contributed by atoms with E-state index in [1.165, 1.54) is 31.3 Å². The number of carboxylic acid groups (broad SMARTS) is 1. The summed E-state index contributed by atoms with van der Waals surface area (Å²) < 4.78 is 58.2. The predicted molar refractivity (Wildman–Crippen MR) is 126 cm³/mol. The molecule has 35 heavy (non-hydrogen) atoms. The summed E-state index contributed by atoms with van der Waals surface area (Å²) in [7, 11) is -2.18. The lowest BCUT2D eigenvalue weighted by Gasteiger charge is -2.13. The molecule has 4 N–H and O–H groups in total. The molecule has 0 unspecified atom stereocenters. The van der Waals surface area contributed by atoms with Gasteiger partial charge in [0.1, 0.15) is 23.8 Å². The summed E-state index contributed by atoms with van der Waals surface area (Å²) in [6.45, 7) is 0. The zero-order valence-corrected chi connectivity index (χ0v) is 20.3. The first-order valence-corrected chi connectivity index (χ1v) is 12.3. The van der Waals surface area contributed by atoms with Crippen molar-refractivity contribution in [1.82, 2.24) is 19.7 Å². The van der Waals surface area contributed by atoms with Crippen LogP contribution in [0.2, 0.25) is 5.02 Å². The molecule has 0 spiro atoms. The Kier molecular flexibility index (Phi) is 9.64. The van der Waals surface area contributed by atoms with Crippen LogP contribution < -0.4 is 15.4 Å². The van der Waals surface area contributed by atoms with Crippen LogP contribution in [-0.4, -0.2) is 53.9 Å². The number of alkyl halides is 3. The smallest absolute Gasteiger partial charge is 0.475 e. The van der Waals surface area contributed by atoms with Gasteiger partial charge in [-0.25, -0.2) is 32.9 Å². The average Bonchev–Trinajstić information content (AvgIpc) is 2.80. The van der Waals surface area contributed by atoms with Gasteiger partial charge >= 0.3 is 12.1 Å². The highest BCUT2D eigenvalue weighted by Gasteiger charge is 2.38. The maximum atomic E-state index is 12.1. The molecule has 0 aliphatic carbocycles. The van der Waals surface area contributed by atoms with E-state index in [9.17, 15) is 21.6 Å². The zero-order chi connectivity index (χ0) is 26.2. The number of hydrogen-bond donors (Lipinski definition) is 4. The first-order valence-electron chi connectivity index (χ1n) is 9.25. The molecule has 2 heterocycles. The van der Waals surface area contributed by atoms with Gasteiger partial charge in [-0.15, -0.1) is 11.8 Å². The van der Waals surface area contributed by atoms with Crippen molar-refractivity contribution in [3.05, 3.63) is 53.9 Å². The summed E-state index contributed by atoms with van der Waals surface area (Å²) in [5.41, 5.74) is 0.623. The van der Waals surface area contributed by atoms with E-state index in [-0.39, 0.29) is 4.90 Å². The van der Waals surface area contributed by atoms with Crippen LogP contribution in [-0.2, 0) is 14.8 Å². The van der Waals surface area contributed by atoms with Gasteiger partial charge in [-0.05, 0) is 43.6 Å². The maximum Gasteiger partial charge on any atom is 0.490 e. The number of hydrogen-bond acceptors (Lipinski definition) is 9. The van der Waals surface area contributed by atoms with Crippen LogP contribution >= 0.6 is 23.4 Å². The molecule has 1 aromatic carbocycles. The second-order valence-electron chi connectivity index (χ2n) is 6.27. The van der Waals surface area contributed by atoms with E-state index < -0.39 is 22.2 Å². The van der Waals surface area contributed by atoms with E-state index in [0.29, 0.717) is 28.2 Å². The number of benzene rings is 1. The van der Waals surface area contributed by atoms with Crippen molar-refractivity contribution < 1.29 is 31.5 Å². The minimum absolute atomic E-state index is 0.160. The molecule has 3 aromatic rings. The number of sulfonamides is 1. The number of aromatic nitrogens is 3. The Morgan fingerprint density at radius 1 is 1.03 bits per heavy atom. The van der Waals surface area contributed by atoms with Crippen LogP contribution in [0.15, 0.2) is 58.7 Å². The van der Waals surface area contributed by atoms with Crippen molar-refractivity contribution in [2.45, 2.75) is 16.0 Å². The van der Waals surface area contributed by atoms with Gasteiger partial charge in [0, 0.05) is 17.2 Å². The van der Waals surface area contributed by atoms with Gasteiger partial charge in [0.15, 0.2) is 0 Å².